The fraction of sp³-hybridized carbons (Fsp3) is 0.476. The smallest absolute Gasteiger partial charge is 0.284 e. The molecule has 4 aliphatic rings. The number of rotatable bonds is 3. The Labute approximate surface area is 157 Å². The molecule has 1 aromatic carbocycles. The van der Waals surface area contributed by atoms with Gasteiger partial charge in [-0.1, -0.05) is 19.8 Å². The van der Waals surface area contributed by atoms with E-state index >= 15 is 0 Å². The third-order valence-electron chi connectivity index (χ3n) is 5.84. The summed E-state index contributed by atoms with van der Waals surface area (Å²) >= 11 is 0. The van der Waals surface area contributed by atoms with Crippen LogP contribution in [0.25, 0.3) is 22.8 Å². The molecule has 5 rings (SSSR count). The topological polar surface area (TPSA) is 72.8 Å². The fourth-order valence-corrected chi connectivity index (χ4v) is 4.49. The molecule has 140 valence electrons. The molecule has 0 saturated heterocycles. The van der Waals surface area contributed by atoms with Gasteiger partial charge in [0.25, 0.3) is 5.56 Å². The highest BCUT2D eigenvalue weighted by molar-refractivity contribution is 5.66. The van der Waals surface area contributed by atoms with Crippen molar-refractivity contribution in [3.8, 4) is 28.5 Å². The van der Waals surface area contributed by atoms with Crippen molar-refractivity contribution in [2.75, 3.05) is 0 Å². The van der Waals surface area contributed by atoms with Crippen molar-refractivity contribution in [2.45, 2.75) is 64.5 Å². The molecule has 0 aromatic heterocycles. The second kappa shape index (κ2) is 6.22. The van der Waals surface area contributed by atoms with Crippen molar-refractivity contribution in [2.24, 2.45) is 0 Å². The van der Waals surface area contributed by atoms with Crippen molar-refractivity contribution < 1.29 is 4.74 Å². The zero-order valence-electron chi connectivity index (χ0n) is 15.8. The van der Waals surface area contributed by atoms with Crippen molar-refractivity contribution in [1.29, 1.82) is 0 Å². The van der Waals surface area contributed by atoms with Gasteiger partial charge in [0.05, 0.1) is 6.04 Å². The maximum Gasteiger partial charge on any atom is 0.284 e. The predicted octanol–water partition coefficient (Wildman–Crippen LogP) is 3.74. The van der Waals surface area contributed by atoms with Gasteiger partial charge in [0, 0.05) is 17.7 Å². The summed E-state index contributed by atoms with van der Waals surface area (Å²) in [6, 6.07) is 6.37. The van der Waals surface area contributed by atoms with Crippen LogP contribution in [0, 0.1) is 0 Å². The van der Waals surface area contributed by atoms with Gasteiger partial charge in [-0.2, -0.15) is 4.98 Å². The molecule has 6 nitrogen and oxygen atoms in total. The molecule has 27 heavy (non-hydrogen) atoms. The monoisotopic (exact) mass is 364 g/mol. The first-order valence-electron chi connectivity index (χ1n) is 9.95. The summed E-state index contributed by atoms with van der Waals surface area (Å²) in [6.45, 7) is 4.12. The molecule has 3 heterocycles. The highest BCUT2D eigenvalue weighted by Gasteiger charge is 2.28. The Morgan fingerprint density at radius 2 is 2.07 bits per heavy atom. The van der Waals surface area contributed by atoms with Crippen LogP contribution < -0.4 is 10.3 Å². The number of aromatic amines is 1. The number of nitrogens with zero attached hydrogens (tertiary/aromatic N) is 3. The van der Waals surface area contributed by atoms with Gasteiger partial charge in [0.1, 0.15) is 17.4 Å². The first-order valence-corrected chi connectivity index (χ1v) is 9.95. The molecule has 1 atom stereocenters. The highest BCUT2D eigenvalue weighted by atomic mass is 16.5. The van der Waals surface area contributed by atoms with E-state index in [-0.39, 0.29) is 11.7 Å². The molecule has 1 fully saturated rings. The molecular formula is C21H24N4O2. The Morgan fingerprint density at radius 3 is 2.85 bits per heavy atom. The van der Waals surface area contributed by atoms with E-state index in [9.17, 15) is 4.79 Å². The molecule has 0 amide bonds. The van der Waals surface area contributed by atoms with E-state index in [2.05, 4.69) is 34.7 Å². The van der Waals surface area contributed by atoms with Gasteiger partial charge >= 0.3 is 0 Å². The third-order valence-corrected chi connectivity index (χ3v) is 5.84. The van der Waals surface area contributed by atoms with Gasteiger partial charge in [0.15, 0.2) is 11.6 Å². The summed E-state index contributed by atoms with van der Waals surface area (Å²) in [5, 5.41) is 3.44. The standard InChI is InChI=1S/C21H24N4O2/c1-3-16-18-20(25(24-16)15-6-4-5-7-15)22-19(23-21(18)26)13-8-9-17-14(11-13)10-12(2)27-17/h8-9,11-12,15,24H,3-7,10H2,1-2H3. The van der Waals surface area contributed by atoms with Crippen LogP contribution >= 0.6 is 0 Å². The van der Waals surface area contributed by atoms with Crippen molar-refractivity contribution in [3.05, 3.63) is 39.8 Å². The van der Waals surface area contributed by atoms with Crippen LogP contribution in [-0.2, 0) is 12.8 Å². The second-order valence-electron chi connectivity index (χ2n) is 7.76. The predicted molar refractivity (Wildman–Crippen MR) is 103 cm³/mol. The number of aromatic nitrogens is 4. The van der Waals surface area contributed by atoms with E-state index in [1.807, 2.05) is 12.1 Å². The first kappa shape index (κ1) is 16.5. The van der Waals surface area contributed by atoms with Gasteiger partial charge in [-0.15, -0.1) is 0 Å². The van der Waals surface area contributed by atoms with Crippen LogP contribution in [-0.4, -0.2) is 25.9 Å². The van der Waals surface area contributed by atoms with E-state index in [1.54, 1.807) is 0 Å². The SMILES string of the molecule is CCc1[nH]n(C2CCCC2)c2nc(-c3ccc4c(c3)CC(C)O4)nc(=O)c1-2. The molecule has 0 bridgehead atoms. The number of aryl methyl sites for hydroxylation is 1. The van der Waals surface area contributed by atoms with Crippen LogP contribution in [0.3, 0.4) is 0 Å². The van der Waals surface area contributed by atoms with Crippen LogP contribution in [0.4, 0.5) is 0 Å². The van der Waals surface area contributed by atoms with Gasteiger partial charge in [-0.25, -0.2) is 4.98 Å². The zero-order chi connectivity index (χ0) is 18.5. The normalized spacial score (nSPS) is 19.6. The molecule has 0 spiro atoms. The summed E-state index contributed by atoms with van der Waals surface area (Å²) in [7, 11) is 0. The molecule has 1 unspecified atom stereocenters. The fourth-order valence-electron chi connectivity index (χ4n) is 4.49. The largest absolute Gasteiger partial charge is 0.490 e. The Bertz CT molecular complexity index is 1030. The number of ether oxygens (including phenoxy) is 1. The molecular weight excluding hydrogens is 340 g/mol. The lowest BCUT2D eigenvalue weighted by Crippen LogP contribution is -2.17. The first-order chi connectivity index (χ1) is 13.1. The highest BCUT2D eigenvalue weighted by Crippen LogP contribution is 2.35. The van der Waals surface area contributed by atoms with Gasteiger partial charge < -0.3 is 4.74 Å². The Morgan fingerprint density at radius 1 is 1.26 bits per heavy atom. The number of hydrogen-bond acceptors (Lipinski definition) is 4. The van der Waals surface area contributed by atoms with E-state index in [0.29, 0.717) is 17.4 Å². The minimum atomic E-state index is -0.190. The molecule has 0 radical (unpaired) electrons. The summed E-state index contributed by atoms with van der Waals surface area (Å²) in [6.07, 6.45) is 6.55. The molecule has 1 saturated carbocycles. The molecule has 1 aliphatic carbocycles. The Hall–Kier alpha value is -2.63. The van der Waals surface area contributed by atoms with Crippen molar-refractivity contribution in [1.82, 2.24) is 19.7 Å². The summed E-state index contributed by atoms with van der Waals surface area (Å²) < 4.78 is 7.90. The van der Waals surface area contributed by atoms with E-state index in [4.69, 9.17) is 9.72 Å². The second-order valence-corrected chi connectivity index (χ2v) is 7.76. The minimum Gasteiger partial charge on any atom is -0.490 e. The van der Waals surface area contributed by atoms with Gasteiger partial charge in [-0.05, 0) is 49.9 Å². The number of hydrogen-bond donors (Lipinski definition) is 1. The van der Waals surface area contributed by atoms with Crippen LogP contribution in [0.15, 0.2) is 23.0 Å². The number of H-pyrrole nitrogens is 1. The zero-order valence-corrected chi connectivity index (χ0v) is 15.8. The summed E-state index contributed by atoms with van der Waals surface area (Å²) in [5.41, 5.74) is 3.42. The maximum atomic E-state index is 12.9. The quantitative estimate of drug-likeness (QED) is 0.768. The van der Waals surface area contributed by atoms with E-state index in [1.165, 1.54) is 12.8 Å². The number of benzene rings is 1. The number of nitrogens with one attached hydrogen (secondary N) is 1. The molecule has 3 aliphatic heterocycles. The van der Waals surface area contributed by atoms with E-state index < -0.39 is 0 Å². The lowest BCUT2D eigenvalue weighted by Gasteiger charge is -2.14. The van der Waals surface area contributed by atoms with Crippen molar-refractivity contribution in [3.63, 3.8) is 0 Å². The van der Waals surface area contributed by atoms with Crippen LogP contribution in [0.5, 0.6) is 5.75 Å². The van der Waals surface area contributed by atoms with Gasteiger partial charge in [-0.3, -0.25) is 14.6 Å². The lowest BCUT2D eigenvalue weighted by atomic mass is 10.1. The number of fused-ring (bicyclic) bond motifs is 2. The minimum absolute atomic E-state index is 0.190. The molecule has 1 N–H and O–H groups in total. The average Bonchev–Trinajstić information content (AvgIpc) is 3.37. The molecule has 1 aromatic rings. The Kier molecular flexibility index (Phi) is 3.81. The van der Waals surface area contributed by atoms with Crippen molar-refractivity contribution >= 4 is 0 Å². The van der Waals surface area contributed by atoms with E-state index in [0.717, 1.165) is 54.1 Å². The Balaban J connectivity index is 1.66. The summed E-state index contributed by atoms with van der Waals surface area (Å²) in [5.74, 6) is 2.17. The van der Waals surface area contributed by atoms with Crippen LogP contribution in [0.1, 0.15) is 56.8 Å². The maximum absolute atomic E-state index is 12.9. The third kappa shape index (κ3) is 2.66. The lowest BCUT2D eigenvalue weighted by molar-refractivity contribution is 0.254. The van der Waals surface area contributed by atoms with Crippen LogP contribution in [0.2, 0.25) is 0 Å². The summed E-state index contributed by atoms with van der Waals surface area (Å²) in [4.78, 5) is 22.0. The average molecular weight is 364 g/mol. The van der Waals surface area contributed by atoms with Gasteiger partial charge in [0.2, 0.25) is 0 Å². The molecule has 6 heteroatoms.